The number of hydrogen-bond acceptors (Lipinski definition) is 2. The van der Waals surface area contributed by atoms with Crippen LogP contribution in [0.5, 0.6) is 0 Å². The van der Waals surface area contributed by atoms with E-state index in [0.717, 1.165) is 0 Å². The number of hydrogen-bond donors (Lipinski definition) is 2. The molecule has 4 heteroatoms. The molecule has 1 aromatic carbocycles. The van der Waals surface area contributed by atoms with E-state index in [1.165, 1.54) is 25.1 Å². The van der Waals surface area contributed by atoms with Gasteiger partial charge in [-0.25, -0.2) is 4.39 Å². The SMILES string of the molecule is CCC(C(=O)O)C(C)(O)c1ccccc1F. The minimum absolute atomic E-state index is 0.0178. The van der Waals surface area contributed by atoms with Crippen LogP contribution in [0.4, 0.5) is 4.39 Å². The maximum Gasteiger partial charge on any atom is 0.309 e. The number of benzene rings is 1. The van der Waals surface area contributed by atoms with Crippen LogP contribution in [0.1, 0.15) is 25.8 Å². The number of rotatable bonds is 4. The molecule has 0 fully saturated rings. The van der Waals surface area contributed by atoms with Crippen LogP contribution in [0.3, 0.4) is 0 Å². The summed E-state index contributed by atoms with van der Waals surface area (Å²) in [4.78, 5) is 11.0. The molecule has 0 aliphatic rings. The molecule has 1 aromatic rings. The molecule has 2 N–H and O–H groups in total. The maximum atomic E-state index is 13.5. The van der Waals surface area contributed by atoms with Crippen molar-refractivity contribution >= 4 is 5.97 Å². The zero-order valence-corrected chi connectivity index (χ0v) is 9.27. The Morgan fingerprint density at radius 1 is 1.50 bits per heavy atom. The first-order valence-electron chi connectivity index (χ1n) is 5.11. The van der Waals surface area contributed by atoms with E-state index in [2.05, 4.69) is 0 Å². The third-order valence-electron chi connectivity index (χ3n) is 2.80. The van der Waals surface area contributed by atoms with E-state index in [1.807, 2.05) is 0 Å². The van der Waals surface area contributed by atoms with E-state index in [4.69, 9.17) is 5.11 Å². The Hall–Kier alpha value is -1.42. The first kappa shape index (κ1) is 12.6. The van der Waals surface area contributed by atoms with Gasteiger partial charge in [-0.1, -0.05) is 25.1 Å². The van der Waals surface area contributed by atoms with Crippen LogP contribution >= 0.6 is 0 Å². The Balaban J connectivity index is 3.19. The number of aliphatic carboxylic acids is 1. The van der Waals surface area contributed by atoms with Gasteiger partial charge in [0.15, 0.2) is 0 Å². The predicted octanol–water partition coefficient (Wildman–Crippen LogP) is 2.14. The Bertz CT molecular complexity index is 388. The van der Waals surface area contributed by atoms with Gasteiger partial charge < -0.3 is 10.2 Å². The molecule has 0 bridgehead atoms. The monoisotopic (exact) mass is 226 g/mol. The highest BCUT2D eigenvalue weighted by Crippen LogP contribution is 2.33. The average molecular weight is 226 g/mol. The molecule has 0 amide bonds. The molecule has 3 nitrogen and oxygen atoms in total. The van der Waals surface area contributed by atoms with E-state index in [1.54, 1.807) is 13.0 Å². The zero-order valence-electron chi connectivity index (χ0n) is 9.27. The van der Waals surface area contributed by atoms with Gasteiger partial charge in [0.05, 0.1) is 5.92 Å². The molecule has 2 atom stereocenters. The van der Waals surface area contributed by atoms with Crippen LogP contribution < -0.4 is 0 Å². The Morgan fingerprint density at radius 2 is 2.06 bits per heavy atom. The third-order valence-corrected chi connectivity index (χ3v) is 2.80. The van der Waals surface area contributed by atoms with Crippen molar-refractivity contribution in [2.75, 3.05) is 0 Å². The van der Waals surface area contributed by atoms with Gasteiger partial charge in [0, 0.05) is 5.56 Å². The summed E-state index contributed by atoms with van der Waals surface area (Å²) in [5, 5.41) is 19.2. The normalized spacial score (nSPS) is 16.5. The predicted molar refractivity (Wildman–Crippen MR) is 57.4 cm³/mol. The summed E-state index contributed by atoms with van der Waals surface area (Å²) in [6.45, 7) is 2.97. The smallest absolute Gasteiger partial charge is 0.309 e. The molecule has 1 rings (SSSR count). The summed E-state index contributed by atoms with van der Waals surface area (Å²) in [7, 11) is 0. The molecule has 88 valence electrons. The van der Waals surface area contributed by atoms with Crippen molar-refractivity contribution < 1.29 is 19.4 Å². The molecule has 0 radical (unpaired) electrons. The summed E-state index contributed by atoms with van der Waals surface area (Å²) in [6.07, 6.45) is 0.233. The number of carboxylic acids is 1. The van der Waals surface area contributed by atoms with E-state index >= 15 is 0 Å². The number of carboxylic acid groups (broad SMARTS) is 1. The van der Waals surface area contributed by atoms with Crippen LogP contribution in [0.25, 0.3) is 0 Å². The Morgan fingerprint density at radius 3 is 2.50 bits per heavy atom. The highest BCUT2D eigenvalue weighted by atomic mass is 19.1. The lowest BCUT2D eigenvalue weighted by atomic mass is 9.81. The lowest BCUT2D eigenvalue weighted by Gasteiger charge is -2.30. The van der Waals surface area contributed by atoms with Crippen molar-refractivity contribution in [3.05, 3.63) is 35.6 Å². The molecule has 0 spiro atoms. The van der Waals surface area contributed by atoms with Crippen molar-refractivity contribution in [1.82, 2.24) is 0 Å². The maximum absolute atomic E-state index is 13.5. The lowest BCUT2D eigenvalue weighted by molar-refractivity contribution is -0.152. The fraction of sp³-hybridized carbons (Fsp3) is 0.417. The Kier molecular flexibility index (Phi) is 3.65. The first-order chi connectivity index (χ1) is 7.41. The van der Waals surface area contributed by atoms with Gasteiger partial charge in [0.2, 0.25) is 0 Å². The van der Waals surface area contributed by atoms with Crippen molar-refractivity contribution in [2.45, 2.75) is 25.9 Å². The highest BCUT2D eigenvalue weighted by Gasteiger charge is 2.39. The standard InChI is InChI=1S/C12H15FO3/c1-3-8(11(14)15)12(2,16)9-6-4-5-7-10(9)13/h4-8,16H,3H2,1-2H3,(H,14,15). The third kappa shape index (κ3) is 2.22. The molecular formula is C12H15FO3. The van der Waals surface area contributed by atoms with Crippen LogP contribution in [-0.4, -0.2) is 16.2 Å². The minimum atomic E-state index is -1.70. The van der Waals surface area contributed by atoms with Crippen LogP contribution in [0.2, 0.25) is 0 Å². The van der Waals surface area contributed by atoms with Crippen molar-refractivity contribution in [1.29, 1.82) is 0 Å². The van der Waals surface area contributed by atoms with Crippen LogP contribution in [-0.2, 0) is 10.4 Å². The second-order valence-electron chi connectivity index (χ2n) is 3.93. The van der Waals surface area contributed by atoms with Gasteiger partial charge in [0.1, 0.15) is 11.4 Å². The van der Waals surface area contributed by atoms with Gasteiger partial charge in [0.25, 0.3) is 0 Å². The summed E-state index contributed by atoms with van der Waals surface area (Å²) in [6, 6.07) is 5.68. The summed E-state index contributed by atoms with van der Waals surface area (Å²) < 4.78 is 13.5. The molecule has 2 unspecified atom stereocenters. The quantitative estimate of drug-likeness (QED) is 0.827. The Labute approximate surface area is 93.5 Å². The fourth-order valence-corrected chi connectivity index (χ4v) is 1.87. The lowest BCUT2D eigenvalue weighted by Crippen LogP contribution is -2.37. The van der Waals surface area contributed by atoms with E-state index in [0.29, 0.717) is 0 Å². The average Bonchev–Trinajstić information content (AvgIpc) is 2.17. The summed E-state index contributed by atoms with van der Waals surface area (Å²) >= 11 is 0. The summed E-state index contributed by atoms with van der Waals surface area (Å²) in [5.41, 5.74) is -1.68. The second kappa shape index (κ2) is 4.61. The molecule has 0 saturated heterocycles. The molecule has 0 aliphatic heterocycles. The topological polar surface area (TPSA) is 57.5 Å². The van der Waals surface area contributed by atoms with Gasteiger partial charge in [-0.3, -0.25) is 4.79 Å². The fourth-order valence-electron chi connectivity index (χ4n) is 1.87. The van der Waals surface area contributed by atoms with Crippen molar-refractivity contribution in [3.8, 4) is 0 Å². The number of carbonyl (C=O) groups is 1. The van der Waals surface area contributed by atoms with Gasteiger partial charge in [-0.15, -0.1) is 0 Å². The molecule has 0 saturated carbocycles. The molecule has 16 heavy (non-hydrogen) atoms. The van der Waals surface area contributed by atoms with E-state index in [-0.39, 0.29) is 12.0 Å². The molecule has 0 aliphatic carbocycles. The largest absolute Gasteiger partial charge is 0.481 e. The van der Waals surface area contributed by atoms with Gasteiger partial charge >= 0.3 is 5.97 Å². The van der Waals surface area contributed by atoms with Crippen LogP contribution in [0, 0.1) is 11.7 Å². The van der Waals surface area contributed by atoms with Crippen molar-refractivity contribution in [3.63, 3.8) is 0 Å². The number of aliphatic hydroxyl groups is 1. The molecular weight excluding hydrogens is 211 g/mol. The highest BCUT2D eigenvalue weighted by molar-refractivity contribution is 5.71. The molecule has 0 aromatic heterocycles. The van der Waals surface area contributed by atoms with Gasteiger partial charge in [-0.05, 0) is 19.4 Å². The van der Waals surface area contributed by atoms with E-state index in [9.17, 15) is 14.3 Å². The molecule has 0 heterocycles. The second-order valence-corrected chi connectivity index (χ2v) is 3.93. The first-order valence-corrected chi connectivity index (χ1v) is 5.11. The van der Waals surface area contributed by atoms with Crippen molar-refractivity contribution in [2.24, 2.45) is 5.92 Å². The van der Waals surface area contributed by atoms with Gasteiger partial charge in [-0.2, -0.15) is 0 Å². The van der Waals surface area contributed by atoms with E-state index < -0.39 is 23.3 Å². The minimum Gasteiger partial charge on any atom is -0.481 e. The zero-order chi connectivity index (χ0) is 12.3. The summed E-state index contributed by atoms with van der Waals surface area (Å²) in [5.74, 6) is -2.74. The number of halogens is 1. The van der Waals surface area contributed by atoms with Crippen LogP contribution in [0.15, 0.2) is 24.3 Å².